The number of benzene rings is 2. The molecule has 7 nitrogen and oxygen atoms in total. The number of carbonyl (C=O) groups excluding carboxylic acids is 1. The number of amides is 1. The van der Waals surface area contributed by atoms with Gasteiger partial charge in [-0.25, -0.2) is 9.97 Å². The van der Waals surface area contributed by atoms with Gasteiger partial charge in [0.05, 0.1) is 12.2 Å². The number of nitrogens with two attached hydrogens (primary N) is 1. The smallest absolute Gasteiger partial charge is 0.255 e. The Morgan fingerprint density at radius 1 is 0.974 bits per heavy atom. The van der Waals surface area contributed by atoms with Crippen LogP contribution in [0.25, 0.3) is 0 Å². The molecule has 4 aromatic rings. The summed E-state index contributed by atoms with van der Waals surface area (Å²) in [5, 5.41) is 3.17. The zero-order valence-electron chi connectivity index (χ0n) is 22.7. The quantitative estimate of drug-likeness (QED) is 0.157. The van der Waals surface area contributed by atoms with Gasteiger partial charge in [-0.1, -0.05) is 51.0 Å². The van der Waals surface area contributed by atoms with Gasteiger partial charge in [0.25, 0.3) is 5.91 Å². The van der Waals surface area contributed by atoms with Crippen LogP contribution in [0.3, 0.4) is 0 Å². The maximum absolute atomic E-state index is 13.2. The molecule has 1 amide bonds. The van der Waals surface area contributed by atoms with Crippen molar-refractivity contribution >= 4 is 27.5 Å². The highest BCUT2D eigenvalue weighted by Crippen LogP contribution is 2.27. The second-order valence-electron chi connectivity index (χ2n) is 9.72. The molecular weight excluding hydrogens is 552 g/mol. The first-order valence-corrected chi connectivity index (χ1v) is 14.4. The number of aromatic nitrogens is 3. The highest BCUT2D eigenvalue weighted by molar-refractivity contribution is 9.10. The number of carbonyl (C=O) groups is 1. The first kappa shape index (κ1) is 28.7. The maximum Gasteiger partial charge on any atom is 0.255 e. The van der Waals surface area contributed by atoms with E-state index < -0.39 is 0 Å². The topological polar surface area (TPSA) is 99.9 Å². The molecular formula is C31H37BrN6O. The van der Waals surface area contributed by atoms with E-state index in [1.807, 2.05) is 54.7 Å². The predicted octanol–water partition coefficient (Wildman–Crippen LogP) is 6.39. The standard InChI is InChI=1S/C31H37BrN6O/c1-3-6-26-24(18-33)14-15-28(27(26)7-4-2)37-31(39)23-12-10-22(11-13-23)19-38(21-30-34-16-17-35-30)20-25-8-5-9-29(32)36-25/h5,8-17H,3-4,6-7,18-21,33H2,1-2H3,(H,34,35)(H,37,39). The molecule has 0 aliphatic heterocycles. The summed E-state index contributed by atoms with van der Waals surface area (Å²) in [7, 11) is 0. The van der Waals surface area contributed by atoms with Gasteiger partial charge in [-0.2, -0.15) is 0 Å². The van der Waals surface area contributed by atoms with Crippen LogP contribution >= 0.6 is 15.9 Å². The molecule has 0 atom stereocenters. The lowest BCUT2D eigenvalue weighted by Crippen LogP contribution is -2.23. The average molecular weight is 590 g/mol. The largest absolute Gasteiger partial charge is 0.348 e. The third-order valence-corrected chi connectivity index (χ3v) is 7.15. The van der Waals surface area contributed by atoms with Gasteiger partial charge < -0.3 is 16.0 Å². The number of nitrogens with one attached hydrogen (secondary N) is 2. The fourth-order valence-electron chi connectivity index (χ4n) is 4.89. The van der Waals surface area contributed by atoms with Gasteiger partial charge in [0.1, 0.15) is 10.4 Å². The lowest BCUT2D eigenvalue weighted by atomic mass is 9.92. The first-order valence-electron chi connectivity index (χ1n) is 13.6. The SMILES string of the molecule is CCCc1c(CN)ccc(NC(=O)c2ccc(CN(Cc3cccc(Br)n3)Cc3ncc[nH]3)cc2)c1CCC. The third-order valence-electron chi connectivity index (χ3n) is 6.71. The summed E-state index contributed by atoms with van der Waals surface area (Å²) in [5.74, 6) is 0.791. The van der Waals surface area contributed by atoms with E-state index in [1.165, 1.54) is 16.7 Å². The van der Waals surface area contributed by atoms with Gasteiger partial charge in [0, 0.05) is 43.3 Å². The number of hydrogen-bond acceptors (Lipinski definition) is 5. The summed E-state index contributed by atoms with van der Waals surface area (Å²) in [6.07, 6.45) is 7.52. The van der Waals surface area contributed by atoms with Crippen molar-refractivity contribution in [1.29, 1.82) is 0 Å². The molecule has 0 spiro atoms. The number of pyridine rings is 1. The van der Waals surface area contributed by atoms with E-state index in [0.717, 1.165) is 53.1 Å². The minimum atomic E-state index is -0.104. The molecule has 0 aliphatic carbocycles. The normalized spacial score (nSPS) is 11.2. The van der Waals surface area contributed by atoms with Gasteiger partial charge >= 0.3 is 0 Å². The van der Waals surface area contributed by atoms with Crippen LogP contribution in [0.15, 0.2) is 71.6 Å². The molecule has 2 aromatic carbocycles. The fraction of sp³-hybridized carbons (Fsp3) is 0.323. The Morgan fingerprint density at radius 2 is 1.74 bits per heavy atom. The minimum Gasteiger partial charge on any atom is -0.348 e. The molecule has 0 unspecified atom stereocenters. The summed E-state index contributed by atoms with van der Waals surface area (Å²) in [5.41, 5.74) is 13.3. The summed E-state index contributed by atoms with van der Waals surface area (Å²) >= 11 is 3.46. The Morgan fingerprint density at radius 3 is 2.41 bits per heavy atom. The molecule has 0 radical (unpaired) electrons. The zero-order chi connectivity index (χ0) is 27.6. The van der Waals surface area contributed by atoms with Crippen LogP contribution in [0.1, 0.15) is 70.8 Å². The number of H-pyrrole nitrogens is 1. The number of aromatic amines is 1. The average Bonchev–Trinajstić information content (AvgIpc) is 3.44. The van der Waals surface area contributed by atoms with Crippen LogP contribution in [-0.4, -0.2) is 25.8 Å². The van der Waals surface area contributed by atoms with Crippen molar-refractivity contribution in [2.75, 3.05) is 5.32 Å². The molecule has 204 valence electrons. The predicted molar refractivity (Wildman–Crippen MR) is 160 cm³/mol. The third kappa shape index (κ3) is 7.85. The van der Waals surface area contributed by atoms with E-state index in [4.69, 9.17) is 5.73 Å². The van der Waals surface area contributed by atoms with Crippen LogP contribution in [-0.2, 0) is 39.0 Å². The van der Waals surface area contributed by atoms with Gasteiger partial charge in [-0.15, -0.1) is 0 Å². The Kier molecular flexibility index (Phi) is 10.4. The summed E-state index contributed by atoms with van der Waals surface area (Å²) < 4.78 is 0.815. The number of rotatable bonds is 13. The molecule has 39 heavy (non-hydrogen) atoms. The molecule has 4 N–H and O–H groups in total. The van der Waals surface area contributed by atoms with Crippen molar-refractivity contribution < 1.29 is 4.79 Å². The Balaban J connectivity index is 1.49. The van der Waals surface area contributed by atoms with Crippen molar-refractivity contribution in [2.24, 2.45) is 5.73 Å². The summed E-state index contributed by atoms with van der Waals surface area (Å²) in [4.78, 5) is 27.7. The van der Waals surface area contributed by atoms with E-state index in [9.17, 15) is 4.79 Å². The summed E-state index contributed by atoms with van der Waals surface area (Å²) in [6.45, 7) is 6.86. The highest BCUT2D eigenvalue weighted by Gasteiger charge is 2.16. The van der Waals surface area contributed by atoms with Crippen LogP contribution in [0.5, 0.6) is 0 Å². The van der Waals surface area contributed by atoms with Crippen LogP contribution < -0.4 is 11.1 Å². The van der Waals surface area contributed by atoms with E-state index >= 15 is 0 Å². The molecule has 0 saturated carbocycles. The van der Waals surface area contributed by atoms with Crippen molar-refractivity contribution in [3.63, 3.8) is 0 Å². The second-order valence-corrected chi connectivity index (χ2v) is 10.5. The van der Waals surface area contributed by atoms with Crippen LogP contribution in [0.2, 0.25) is 0 Å². The Bertz CT molecular complexity index is 1350. The van der Waals surface area contributed by atoms with Gasteiger partial charge in [0.15, 0.2) is 0 Å². The van der Waals surface area contributed by atoms with Crippen molar-refractivity contribution in [2.45, 2.75) is 65.7 Å². The van der Waals surface area contributed by atoms with E-state index in [2.05, 4.69) is 61.0 Å². The second kappa shape index (κ2) is 14.2. The highest BCUT2D eigenvalue weighted by atomic mass is 79.9. The van der Waals surface area contributed by atoms with Gasteiger partial charge in [-0.3, -0.25) is 9.69 Å². The van der Waals surface area contributed by atoms with E-state index in [1.54, 1.807) is 6.20 Å². The van der Waals surface area contributed by atoms with Crippen molar-refractivity contribution in [3.8, 4) is 0 Å². The number of hydrogen-bond donors (Lipinski definition) is 3. The Labute approximate surface area is 239 Å². The summed E-state index contributed by atoms with van der Waals surface area (Å²) in [6, 6.07) is 17.8. The molecule has 0 bridgehead atoms. The monoisotopic (exact) mass is 588 g/mol. The zero-order valence-corrected chi connectivity index (χ0v) is 24.3. The van der Waals surface area contributed by atoms with Crippen LogP contribution in [0, 0.1) is 0 Å². The minimum absolute atomic E-state index is 0.104. The number of anilines is 1. The Hall–Kier alpha value is -3.33. The maximum atomic E-state index is 13.2. The molecule has 0 fully saturated rings. The molecule has 2 heterocycles. The van der Waals surface area contributed by atoms with Crippen molar-refractivity contribution in [3.05, 3.63) is 111 Å². The van der Waals surface area contributed by atoms with Gasteiger partial charge in [0.2, 0.25) is 0 Å². The van der Waals surface area contributed by atoms with Gasteiger partial charge in [-0.05, 0) is 81.4 Å². The molecule has 0 saturated heterocycles. The van der Waals surface area contributed by atoms with E-state index in [-0.39, 0.29) is 5.91 Å². The lowest BCUT2D eigenvalue weighted by molar-refractivity contribution is 0.102. The fourth-order valence-corrected chi connectivity index (χ4v) is 5.27. The molecule has 0 aliphatic rings. The number of nitrogens with zero attached hydrogens (tertiary/aromatic N) is 3. The first-order chi connectivity index (χ1) is 19.0. The molecule has 4 rings (SSSR count). The number of halogens is 1. The number of imidazole rings is 1. The molecule has 2 aromatic heterocycles. The lowest BCUT2D eigenvalue weighted by Gasteiger charge is -2.21. The van der Waals surface area contributed by atoms with E-state index in [0.29, 0.717) is 31.7 Å². The van der Waals surface area contributed by atoms with Crippen molar-refractivity contribution in [1.82, 2.24) is 19.9 Å². The molecule has 8 heteroatoms. The van der Waals surface area contributed by atoms with Crippen LogP contribution in [0.4, 0.5) is 5.69 Å².